The molecule has 4 aromatic rings. The maximum absolute atomic E-state index is 13.3. The lowest BCUT2D eigenvalue weighted by molar-refractivity contribution is 0.254. The smallest absolute Gasteiger partial charge is 0.221 e. The predicted molar refractivity (Wildman–Crippen MR) is 140 cm³/mol. The van der Waals surface area contributed by atoms with E-state index in [-0.39, 0.29) is 5.82 Å². The van der Waals surface area contributed by atoms with Crippen LogP contribution in [0.5, 0.6) is 5.88 Å². The van der Waals surface area contributed by atoms with Gasteiger partial charge in [0.05, 0.1) is 7.11 Å². The van der Waals surface area contributed by atoms with Gasteiger partial charge in [0, 0.05) is 67.5 Å². The van der Waals surface area contributed by atoms with Gasteiger partial charge in [0.15, 0.2) is 0 Å². The molecule has 1 aliphatic heterocycles. The van der Waals surface area contributed by atoms with Crippen LogP contribution in [0.25, 0.3) is 10.8 Å². The average Bonchev–Trinajstić information content (AvgIpc) is 3.30. The van der Waals surface area contributed by atoms with E-state index in [1.807, 2.05) is 37.4 Å². The van der Waals surface area contributed by atoms with Crippen LogP contribution in [0, 0.1) is 5.82 Å². The Bertz CT molecular complexity index is 1330. The summed E-state index contributed by atoms with van der Waals surface area (Å²) in [4.78, 5) is 14.2. The van der Waals surface area contributed by atoms with Crippen molar-refractivity contribution >= 4 is 22.1 Å². The zero-order chi connectivity index (χ0) is 25.1. The first-order valence-corrected chi connectivity index (χ1v) is 12.3. The first-order chi connectivity index (χ1) is 17.5. The fourth-order valence-corrected chi connectivity index (χ4v) is 5.02. The number of piperazine rings is 1. The minimum absolute atomic E-state index is 0.198. The lowest BCUT2D eigenvalue weighted by atomic mass is 9.97. The van der Waals surface area contributed by atoms with Crippen LogP contribution in [-0.4, -0.2) is 64.5 Å². The number of methoxy groups -OCH3 is 1. The zero-order valence-electron chi connectivity index (χ0n) is 20.8. The Kier molecular flexibility index (Phi) is 6.99. The van der Waals surface area contributed by atoms with Gasteiger partial charge in [0.1, 0.15) is 18.0 Å². The molecular weight excluding hydrogens is 457 g/mol. The topological polar surface area (TPSA) is 85.3 Å². The highest BCUT2D eigenvalue weighted by molar-refractivity contribution is 5.99. The number of ether oxygens (including phenoxy) is 1. The third kappa shape index (κ3) is 4.97. The number of nitrogens with two attached hydrogens (primary N) is 1. The van der Waals surface area contributed by atoms with E-state index in [0.717, 1.165) is 79.1 Å². The summed E-state index contributed by atoms with van der Waals surface area (Å²) in [7, 11) is 3.55. The number of hydrogen-bond donors (Lipinski definition) is 1. The molecule has 3 heterocycles. The largest absolute Gasteiger partial charge is 0.481 e. The molecule has 2 N–H and O–H groups in total. The van der Waals surface area contributed by atoms with Gasteiger partial charge in [-0.1, -0.05) is 6.07 Å². The third-order valence-corrected chi connectivity index (χ3v) is 7.00. The molecule has 2 aromatic heterocycles. The molecule has 0 amide bonds. The van der Waals surface area contributed by atoms with Crippen LogP contribution in [0.1, 0.15) is 23.5 Å². The number of aryl methyl sites for hydroxylation is 2. The second-order valence-corrected chi connectivity index (χ2v) is 9.20. The van der Waals surface area contributed by atoms with Crippen molar-refractivity contribution in [1.82, 2.24) is 24.6 Å². The van der Waals surface area contributed by atoms with Crippen LogP contribution >= 0.6 is 0 Å². The van der Waals surface area contributed by atoms with Gasteiger partial charge < -0.3 is 15.4 Å². The summed E-state index contributed by atoms with van der Waals surface area (Å²) in [6.07, 6.45) is 3.95. The first-order valence-electron chi connectivity index (χ1n) is 12.3. The van der Waals surface area contributed by atoms with Crippen molar-refractivity contribution in [3.8, 4) is 5.88 Å². The minimum Gasteiger partial charge on any atom is -0.481 e. The fourth-order valence-electron chi connectivity index (χ4n) is 5.02. The van der Waals surface area contributed by atoms with E-state index in [2.05, 4.69) is 19.9 Å². The van der Waals surface area contributed by atoms with E-state index in [9.17, 15) is 4.39 Å². The maximum atomic E-state index is 13.3. The number of hydrogen-bond acceptors (Lipinski definition) is 7. The van der Waals surface area contributed by atoms with Gasteiger partial charge in [0.25, 0.3) is 0 Å². The van der Waals surface area contributed by atoms with Gasteiger partial charge in [-0.2, -0.15) is 5.10 Å². The molecule has 1 fully saturated rings. The van der Waals surface area contributed by atoms with Gasteiger partial charge in [-0.3, -0.25) is 9.58 Å². The zero-order valence-corrected chi connectivity index (χ0v) is 20.8. The molecule has 5 rings (SSSR count). The van der Waals surface area contributed by atoms with Crippen molar-refractivity contribution in [1.29, 1.82) is 0 Å². The SMILES string of the molecule is COc1nc(CCCN2CCN(c3ccc(F)cc3)CC2)c(Cc2ncnn2C)c2c(N)cccc12. The van der Waals surface area contributed by atoms with Crippen LogP contribution in [0.15, 0.2) is 48.8 Å². The Morgan fingerprint density at radius 2 is 1.83 bits per heavy atom. The summed E-state index contributed by atoms with van der Waals surface area (Å²) in [6.45, 7) is 4.80. The second-order valence-electron chi connectivity index (χ2n) is 9.20. The quantitative estimate of drug-likeness (QED) is 0.380. The number of aromatic nitrogens is 4. The van der Waals surface area contributed by atoms with Crippen molar-refractivity contribution in [3.05, 3.63) is 71.7 Å². The van der Waals surface area contributed by atoms with Crippen LogP contribution in [0.2, 0.25) is 0 Å². The Morgan fingerprint density at radius 3 is 2.53 bits per heavy atom. The summed E-state index contributed by atoms with van der Waals surface area (Å²) < 4.78 is 20.7. The molecular formula is C27H32FN7O. The molecule has 0 atom stereocenters. The van der Waals surface area contributed by atoms with Crippen molar-refractivity contribution in [2.45, 2.75) is 19.3 Å². The Morgan fingerprint density at radius 1 is 1.06 bits per heavy atom. The monoisotopic (exact) mass is 489 g/mol. The maximum Gasteiger partial charge on any atom is 0.221 e. The van der Waals surface area contributed by atoms with Crippen molar-refractivity contribution in [3.63, 3.8) is 0 Å². The standard InChI is InChI=1S/C27H32FN7O/c1-33-25(30-18-31-33)17-22-24(32-27(36-2)21-5-3-6-23(29)26(21)22)7-4-12-34-13-15-35(16-14-34)20-10-8-19(28)9-11-20/h3,5-6,8-11,18H,4,7,12-17,29H2,1-2H3. The molecule has 0 unspecified atom stereocenters. The van der Waals surface area contributed by atoms with Crippen molar-refractivity contribution < 1.29 is 9.13 Å². The highest BCUT2D eigenvalue weighted by Crippen LogP contribution is 2.34. The van der Waals surface area contributed by atoms with Gasteiger partial charge >= 0.3 is 0 Å². The molecule has 36 heavy (non-hydrogen) atoms. The summed E-state index contributed by atoms with van der Waals surface area (Å²) >= 11 is 0. The molecule has 0 aliphatic carbocycles. The molecule has 0 radical (unpaired) electrons. The van der Waals surface area contributed by atoms with E-state index in [1.54, 1.807) is 18.1 Å². The highest BCUT2D eigenvalue weighted by atomic mass is 19.1. The van der Waals surface area contributed by atoms with E-state index in [0.29, 0.717) is 18.0 Å². The highest BCUT2D eigenvalue weighted by Gasteiger charge is 2.20. The molecule has 8 nitrogen and oxygen atoms in total. The lowest BCUT2D eigenvalue weighted by Gasteiger charge is -2.36. The second kappa shape index (κ2) is 10.5. The van der Waals surface area contributed by atoms with Crippen LogP contribution < -0.4 is 15.4 Å². The minimum atomic E-state index is -0.198. The van der Waals surface area contributed by atoms with E-state index >= 15 is 0 Å². The summed E-state index contributed by atoms with van der Waals surface area (Å²) in [5.41, 5.74) is 10.3. The van der Waals surface area contributed by atoms with Crippen molar-refractivity contribution in [2.24, 2.45) is 7.05 Å². The van der Waals surface area contributed by atoms with Gasteiger partial charge in [-0.05, 0) is 61.3 Å². The summed E-state index contributed by atoms with van der Waals surface area (Å²) in [6, 6.07) is 12.6. The Hall–Kier alpha value is -3.72. The lowest BCUT2D eigenvalue weighted by Crippen LogP contribution is -2.46. The number of nitrogen functional groups attached to an aromatic ring is 1. The molecule has 188 valence electrons. The number of rotatable bonds is 8. The number of fused-ring (bicyclic) bond motifs is 1. The molecule has 9 heteroatoms. The molecule has 1 aliphatic rings. The van der Waals surface area contributed by atoms with E-state index in [4.69, 9.17) is 15.5 Å². The average molecular weight is 490 g/mol. The number of nitrogens with zero attached hydrogens (tertiary/aromatic N) is 6. The predicted octanol–water partition coefficient (Wildman–Crippen LogP) is 3.44. The Balaban J connectivity index is 1.31. The number of benzene rings is 2. The summed E-state index contributed by atoms with van der Waals surface area (Å²) in [5.74, 6) is 1.27. The first kappa shape index (κ1) is 24.0. The van der Waals surface area contributed by atoms with E-state index < -0.39 is 0 Å². The van der Waals surface area contributed by atoms with Gasteiger partial charge in [-0.15, -0.1) is 0 Å². The van der Waals surface area contributed by atoms with Crippen LogP contribution in [0.4, 0.5) is 15.8 Å². The van der Waals surface area contributed by atoms with Gasteiger partial charge in [0.2, 0.25) is 5.88 Å². The van der Waals surface area contributed by atoms with Crippen LogP contribution in [-0.2, 0) is 19.9 Å². The number of pyridine rings is 1. The molecule has 1 saturated heterocycles. The normalized spacial score (nSPS) is 14.5. The molecule has 0 bridgehead atoms. The Labute approximate surface area is 210 Å². The van der Waals surface area contributed by atoms with Crippen LogP contribution in [0.3, 0.4) is 0 Å². The summed E-state index contributed by atoms with van der Waals surface area (Å²) in [5, 5.41) is 6.13. The molecule has 2 aromatic carbocycles. The fraction of sp³-hybridized carbons (Fsp3) is 0.370. The number of anilines is 2. The molecule has 0 saturated carbocycles. The third-order valence-electron chi connectivity index (χ3n) is 7.00. The van der Waals surface area contributed by atoms with Crippen molar-refractivity contribution in [2.75, 3.05) is 50.5 Å². The molecule has 0 spiro atoms. The van der Waals surface area contributed by atoms with Gasteiger partial charge in [-0.25, -0.2) is 14.4 Å². The number of halogens is 1. The van der Waals surface area contributed by atoms with E-state index in [1.165, 1.54) is 12.1 Å².